The largest absolute Gasteiger partial charge is 0.416 e. The van der Waals surface area contributed by atoms with Crippen molar-refractivity contribution in [2.45, 2.75) is 28.9 Å². The van der Waals surface area contributed by atoms with Crippen LogP contribution in [0.15, 0.2) is 82.6 Å². The van der Waals surface area contributed by atoms with Gasteiger partial charge in [-0.2, -0.15) is 13.2 Å². The van der Waals surface area contributed by atoms with E-state index in [0.717, 1.165) is 62.9 Å². The zero-order valence-corrected chi connectivity index (χ0v) is 24.1. The van der Waals surface area contributed by atoms with Crippen molar-refractivity contribution in [2.24, 2.45) is 5.92 Å². The van der Waals surface area contributed by atoms with Crippen LogP contribution in [0.3, 0.4) is 0 Å². The van der Waals surface area contributed by atoms with Crippen LogP contribution in [-0.4, -0.2) is 32.5 Å². The molecular weight excluding hydrogens is 640 g/mol. The fourth-order valence-corrected chi connectivity index (χ4v) is 8.15. The monoisotopic (exact) mass is 658 g/mol. The standard InChI is InChI=1S/C29H18F4N4O6S2/c30-16-6-4-14(5-7-16)21-22-23(26(40)36(25(22)39)18-8-10-19(11-9-18)37(42)43)44-27-24(21)45-28(41)35(27)13-20(38)34-17-3-1-2-15(12-17)29(31,32)33/h1-12,21-23H,13H2,(H,34,38). The van der Waals surface area contributed by atoms with Gasteiger partial charge in [-0.3, -0.25) is 33.9 Å². The molecule has 3 aromatic carbocycles. The van der Waals surface area contributed by atoms with Crippen LogP contribution in [0.5, 0.6) is 0 Å². The fourth-order valence-electron chi connectivity index (χ4n) is 5.38. The number of imide groups is 1. The van der Waals surface area contributed by atoms with E-state index in [-0.39, 0.29) is 22.1 Å². The summed E-state index contributed by atoms with van der Waals surface area (Å²) >= 11 is 1.64. The Balaban J connectivity index is 1.37. The molecule has 1 saturated heterocycles. The van der Waals surface area contributed by atoms with Gasteiger partial charge in [0.1, 0.15) is 17.6 Å². The van der Waals surface area contributed by atoms with Crippen LogP contribution in [0.25, 0.3) is 0 Å². The number of amides is 3. The molecule has 6 rings (SSSR count). The quantitative estimate of drug-likeness (QED) is 0.127. The van der Waals surface area contributed by atoms with Crippen molar-refractivity contribution >= 4 is 57.9 Å². The maximum atomic E-state index is 13.9. The van der Waals surface area contributed by atoms with Crippen LogP contribution >= 0.6 is 23.1 Å². The van der Waals surface area contributed by atoms with Crippen LogP contribution in [-0.2, 0) is 27.1 Å². The number of rotatable bonds is 6. The van der Waals surface area contributed by atoms with Gasteiger partial charge in [-0.05, 0) is 48.0 Å². The minimum Gasteiger partial charge on any atom is -0.325 e. The molecule has 0 spiro atoms. The molecule has 2 aliphatic rings. The molecule has 0 saturated carbocycles. The number of nitro groups is 1. The average Bonchev–Trinajstić information content (AvgIpc) is 3.43. The van der Waals surface area contributed by atoms with Gasteiger partial charge in [0, 0.05) is 28.6 Å². The molecule has 1 aromatic heterocycles. The zero-order chi connectivity index (χ0) is 32.2. The summed E-state index contributed by atoms with van der Waals surface area (Å²) in [4.78, 5) is 64.9. The van der Waals surface area contributed by atoms with Crippen molar-refractivity contribution in [1.29, 1.82) is 0 Å². The van der Waals surface area contributed by atoms with E-state index in [9.17, 15) is 46.9 Å². The van der Waals surface area contributed by atoms with E-state index in [2.05, 4.69) is 5.32 Å². The first-order valence-corrected chi connectivity index (χ1v) is 14.8. The first-order chi connectivity index (χ1) is 21.3. The highest BCUT2D eigenvalue weighted by atomic mass is 32.2. The Morgan fingerprint density at radius 1 is 0.978 bits per heavy atom. The molecular formula is C29H18F4N4O6S2. The van der Waals surface area contributed by atoms with E-state index >= 15 is 0 Å². The lowest BCUT2D eigenvalue weighted by Gasteiger charge is -2.30. The molecule has 2 aliphatic heterocycles. The lowest BCUT2D eigenvalue weighted by atomic mass is 9.83. The van der Waals surface area contributed by atoms with Crippen LogP contribution < -0.4 is 15.1 Å². The highest BCUT2D eigenvalue weighted by Gasteiger charge is 2.56. The number of carbonyl (C=O) groups is 3. The first-order valence-electron chi connectivity index (χ1n) is 13.1. The van der Waals surface area contributed by atoms with Crippen LogP contribution in [0.2, 0.25) is 0 Å². The zero-order valence-electron chi connectivity index (χ0n) is 22.5. The minimum absolute atomic E-state index is 0.102. The number of thiazole rings is 1. The van der Waals surface area contributed by atoms with Crippen molar-refractivity contribution < 1.29 is 36.9 Å². The number of nitro benzene ring substituents is 1. The number of benzene rings is 3. The van der Waals surface area contributed by atoms with Gasteiger partial charge in [-0.15, -0.1) is 0 Å². The molecule has 3 unspecified atom stereocenters. The summed E-state index contributed by atoms with van der Waals surface area (Å²) in [5.41, 5.74) is -0.829. The minimum atomic E-state index is -4.64. The second-order valence-electron chi connectivity index (χ2n) is 10.1. The van der Waals surface area contributed by atoms with Crippen LogP contribution in [0, 0.1) is 21.8 Å². The Labute approximate surface area is 258 Å². The second kappa shape index (κ2) is 11.3. The summed E-state index contributed by atoms with van der Waals surface area (Å²) in [6.45, 7) is -0.602. The molecule has 16 heteroatoms. The summed E-state index contributed by atoms with van der Waals surface area (Å²) in [6.07, 6.45) is -4.64. The summed E-state index contributed by atoms with van der Waals surface area (Å²) in [6, 6.07) is 14.0. The molecule has 1 N–H and O–H groups in total. The Morgan fingerprint density at radius 2 is 1.67 bits per heavy atom. The third-order valence-electron chi connectivity index (χ3n) is 7.37. The predicted octanol–water partition coefficient (Wildman–Crippen LogP) is 5.41. The third-order valence-corrected chi connectivity index (χ3v) is 9.98. The van der Waals surface area contributed by atoms with Gasteiger partial charge >= 0.3 is 11.0 Å². The van der Waals surface area contributed by atoms with E-state index in [1.165, 1.54) is 42.5 Å². The molecule has 45 heavy (non-hydrogen) atoms. The second-order valence-corrected chi connectivity index (χ2v) is 12.3. The van der Waals surface area contributed by atoms with Crippen molar-refractivity contribution in [3.63, 3.8) is 0 Å². The van der Waals surface area contributed by atoms with Gasteiger partial charge < -0.3 is 5.32 Å². The maximum Gasteiger partial charge on any atom is 0.416 e. The fraction of sp³-hybridized carbons (Fsp3) is 0.172. The topological polar surface area (TPSA) is 132 Å². The average molecular weight is 659 g/mol. The first kappa shape index (κ1) is 30.2. The maximum absolute atomic E-state index is 13.9. The molecule has 3 atom stereocenters. The van der Waals surface area contributed by atoms with E-state index < -0.39 is 68.7 Å². The summed E-state index contributed by atoms with van der Waals surface area (Å²) in [5.74, 6) is -4.57. The lowest BCUT2D eigenvalue weighted by Crippen LogP contribution is -2.33. The van der Waals surface area contributed by atoms with E-state index in [1.54, 1.807) is 0 Å². The van der Waals surface area contributed by atoms with Gasteiger partial charge in [0.15, 0.2) is 0 Å². The Bertz CT molecular complexity index is 1920. The molecule has 230 valence electrons. The van der Waals surface area contributed by atoms with Gasteiger partial charge in [-0.25, -0.2) is 9.29 Å². The number of carbonyl (C=O) groups excluding carboxylic acids is 3. The number of nitrogens with zero attached hydrogens (tertiary/aromatic N) is 3. The molecule has 3 heterocycles. The number of nitrogens with one attached hydrogen (secondary N) is 1. The van der Waals surface area contributed by atoms with Gasteiger partial charge in [0.25, 0.3) is 5.69 Å². The van der Waals surface area contributed by atoms with E-state index in [4.69, 9.17) is 0 Å². The number of hydrogen-bond acceptors (Lipinski definition) is 8. The van der Waals surface area contributed by atoms with Crippen molar-refractivity contribution in [3.05, 3.63) is 114 Å². The highest BCUT2D eigenvalue weighted by Crippen LogP contribution is 2.54. The Hall–Kier alpha value is -4.83. The summed E-state index contributed by atoms with van der Waals surface area (Å²) in [7, 11) is 0. The summed E-state index contributed by atoms with van der Waals surface area (Å²) < 4.78 is 54.4. The Morgan fingerprint density at radius 3 is 2.31 bits per heavy atom. The SMILES string of the molecule is O=C(Cn1c2c(sc1=O)C(c1ccc(F)cc1)C1C(=O)N(c3ccc([N+](=O)[O-])cc3)C(=O)C1S2)Nc1cccc(C(F)(F)F)c1. The van der Waals surface area contributed by atoms with Crippen molar-refractivity contribution in [1.82, 2.24) is 4.57 Å². The number of aromatic nitrogens is 1. The molecule has 4 aromatic rings. The predicted molar refractivity (Wildman–Crippen MR) is 156 cm³/mol. The van der Waals surface area contributed by atoms with Crippen molar-refractivity contribution in [2.75, 3.05) is 10.2 Å². The molecule has 3 amide bonds. The normalized spacial score (nSPS) is 19.3. The number of halogens is 4. The highest BCUT2D eigenvalue weighted by molar-refractivity contribution is 8.00. The molecule has 1 fully saturated rings. The van der Waals surface area contributed by atoms with Gasteiger partial charge in [-0.1, -0.05) is 41.3 Å². The van der Waals surface area contributed by atoms with Gasteiger partial charge in [0.2, 0.25) is 17.7 Å². The Kier molecular flexibility index (Phi) is 7.56. The number of fused-ring (bicyclic) bond motifs is 2. The molecule has 0 bridgehead atoms. The van der Waals surface area contributed by atoms with Gasteiger partial charge in [0.05, 0.1) is 27.1 Å². The molecule has 0 aliphatic carbocycles. The number of hydrogen-bond donors (Lipinski definition) is 1. The lowest BCUT2D eigenvalue weighted by molar-refractivity contribution is -0.384. The molecule has 10 nitrogen and oxygen atoms in total. The van der Waals surface area contributed by atoms with Crippen molar-refractivity contribution in [3.8, 4) is 0 Å². The number of non-ortho nitro benzene ring substituents is 1. The third kappa shape index (κ3) is 5.50. The van der Waals surface area contributed by atoms with E-state index in [1.807, 2.05) is 0 Å². The molecule has 0 radical (unpaired) electrons. The van der Waals surface area contributed by atoms with Crippen LogP contribution in [0.4, 0.5) is 34.6 Å². The number of thioether (sulfide) groups is 1. The number of anilines is 2. The number of alkyl halides is 3. The van der Waals surface area contributed by atoms with Crippen LogP contribution in [0.1, 0.15) is 21.9 Å². The van der Waals surface area contributed by atoms with E-state index in [0.29, 0.717) is 10.4 Å². The smallest absolute Gasteiger partial charge is 0.325 e. The summed E-state index contributed by atoms with van der Waals surface area (Å²) in [5, 5.41) is 12.6.